The van der Waals surface area contributed by atoms with Gasteiger partial charge >= 0.3 is 12.5 Å². The van der Waals surface area contributed by atoms with Crippen molar-refractivity contribution in [2.45, 2.75) is 151 Å². The van der Waals surface area contributed by atoms with Gasteiger partial charge in [-0.2, -0.15) is 0 Å². The first kappa shape index (κ1) is 41.1. The second kappa shape index (κ2) is 14.8. The Hall–Kier alpha value is -4.61. The second-order valence-corrected chi connectivity index (χ2v) is 19.6. The molecular weight excluding hydrogens is 796 g/mol. The molecule has 2 saturated heterocycles. The molecule has 320 valence electrons. The van der Waals surface area contributed by atoms with Gasteiger partial charge in [-0.15, -0.1) is 13.2 Å². The summed E-state index contributed by atoms with van der Waals surface area (Å²) in [6.45, 7) is 4.83. The lowest BCUT2D eigenvalue weighted by atomic mass is 9.87. The quantitative estimate of drug-likeness (QED) is 0.275. The third-order valence-corrected chi connectivity index (χ3v) is 15.7. The molecule has 8 rings (SSSR count). The van der Waals surface area contributed by atoms with Gasteiger partial charge in [0.2, 0.25) is 27.5 Å². The predicted molar refractivity (Wildman–Crippen MR) is 206 cm³/mol. The fraction of sp³-hybridized carbons (Fsp3) is 0.634. The number of pyridine rings is 1. The van der Waals surface area contributed by atoms with Crippen LogP contribution in [0.3, 0.4) is 0 Å². The zero-order chi connectivity index (χ0) is 42.1. The number of sulfonamides is 1. The number of allylic oxidation sites excluding steroid dienone is 1. The molecule has 4 fully saturated rings. The molecule has 2 aliphatic carbocycles. The summed E-state index contributed by atoms with van der Waals surface area (Å²) in [7, 11) is -4.16. The maximum absolute atomic E-state index is 14.8. The van der Waals surface area contributed by atoms with Crippen molar-refractivity contribution < 1.29 is 55.0 Å². The van der Waals surface area contributed by atoms with Crippen LogP contribution in [0.2, 0.25) is 0 Å². The zero-order valence-corrected chi connectivity index (χ0v) is 34.2. The molecule has 0 unspecified atom stereocenters. The number of carbonyl (C=O) groups is 4. The van der Waals surface area contributed by atoms with Crippen molar-refractivity contribution in [3.05, 3.63) is 41.6 Å². The number of aromatic nitrogens is 1. The molecule has 2 aromatic rings. The molecule has 5 heterocycles. The van der Waals surface area contributed by atoms with E-state index in [4.69, 9.17) is 9.47 Å². The van der Waals surface area contributed by atoms with Crippen molar-refractivity contribution in [2.75, 3.05) is 6.54 Å². The molecule has 4 amide bonds. The van der Waals surface area contributed by atoms with Gasteiger partial charge in [0.1, 0.15) is 35.3 Å². The highest BCUT2D eigenvalue weighted by atomic mass is 32.2. The molecular formula is C41H50F3N5O9S. The number of rotatable bonds is 5. The van der Waals surface area contributed by atoms with Crippen LogP contribution >= 0.6 is 0 Å². The summed E-state index contributed by atoms with van der Waals surface area (Å²) in [4.78, 5) is 62.7. The molecule has 2 spiro atoms. The van der Waals surface area contributed by atoms with Crippen LogP contribution in [0.5, 0.6) is 11.5 Å². The number of alkyl halides is 3. The molecule has 14 nitrogen and oxygen atoms in total. The van der Waals surface area contributed by atoms with Gasteiger partial charge in [-0.25, -0.2) is 22.5 Å². The number of ether oxygens (including phenoxy) is 3. The Morgan fingerprint density at radius 1 is 1.05 bits per heavy atom. The van der Waals surface area contributed by atoms with E-state index >= 15 is 0 Å². The summed E-state index contributed by atoms with van der Waals surface area (Å²) < 4.78 is 83.5. The highest BCUT2D eigenvalue weighted by Crippen LogP contribution is 2.53. The van der Waals surface area contributed by atoms with Crippen molar-refractivity contribution in [1.29, 1.82) is 0 Å². The summed E-state index contributed by atoms with van der Waals surface area (Å²) in [5, 5.41) is 6.00. The minimum Gasteiger partial charge on any atom is -0.483 e. The van der Waals surface area contributed by atoms with Crippen LogP contribution in [-0.4, -0.2) is 93.5 Å². The van der Waals surface area contributed by atoms with Crippen molar-refractivity contribution in [3.63, 3.8) is 0 Å². The Labute approximate surface area is 340 Å². The van der Waals surface area contributed by atoms with Crippen LogP contribution in [0, 0.1) is 12.8 Å². The molecule has 1 aromatic carbocycles. The van der Waals surface area contributed by atoms with Crippen molar-refractivity contribution in [3.8, 4) is 11.5 Å². The molecule has 5 atom stereocenters. The Kier molecular flexibility index (Phi) is 10.3. The summed E-state index contributed by atoms with van der Waals surface area (Å²) in [6, 6.07) is 1.54. The van der Waals surface area contributed by atoms with Crippen LogP contribution in [0.1, 0.15) is 109 Å². The molecule has 6 aliphatic rings. The van der Waals surface area contributed by atoms with Crippen molar-refractivity contribution in [1.82, 2.24) is 24.8 Å². The zero-order valence-electron chi connectivity index (χ0n) is 33.4. The molecule has 4 aliphatic heterocycles. The Morgan fingerprint density at radius 3 is 2.49 bits per heavy atom. The fourth-order valence-electron chi connectivity index (χ4n) is 9.36. The number of alkyl carbamates (subject to hydrolysis) is 1. The highest BCUT2D eigenvalue weighted by Gasteiger charge is 2.76. The normalized spacial score (nSPS) is 30.5. The number of carbonyl (C=O) groups excluding carboxylic acids is 4. The number of aryl methyl sites for hydroxylation is 2. The fourth-order valence-corrected chi connectivity index (χ4v) is 11.4. The number of nitrogens with one attached hydrogen (secondary N) is 2. The molecule has 1 aromatic heterocycles. The smallest absolute Gasteiger partial charge is 0.483 e. The van der Waals surface area contributed by atoms with E-state index in [1.165, 1.54) is 23.1 Å². The van der Waals surface area contributed by atoms with Gasteiger partial charge in [0.15, 0.2) is 0 Å². The van der Waals surface area contributed by atoms with Gasteiger partial charge in [0.25, 0.3) is 5.91 Å². The van der Waals surface area contributed by atoms with Crippen LogP contribution < -0.4 is 20.1 Å². The van der Waals surface area contributed by atoms with Crippen LogP contribution in [-0.2, 0) is 35.6 Å². The number of halogens is 3. The number of amides is 4. The average Bonchev–Trinajstić information content (AvgIpc) is 3.89. The largest absolute Gasteiger partial charge is 0.573 e. The average molecular weight is 846 g/mol. The van der Waals surface area contributed by atoms with Gasteiger partial charge in [-0.3, -0.25) is 14.4 Å². The van der Waals surface area contributed by atoms with E-state index in [1.54, 1.807) is 26.8 Å². The number of hydrogen-bond donors (Lipinski definition) is 2. The van der Waals surface area contributed by atoms with Gasteiger partial charge in [0.05, 0.1) is 22.5 Å². The Morgan fingerprint density at radius 2 is 1.78 bits per heavy atom. The van der Waals surface area contributed by atoms with Gasteiger partial charge in [-0.1, -0.05) is 31.9 Å². The molecule has 0 radical (unpaired) electrons. The number of benzene rings is 1. The molecule has 18 heteroatoms. The lowest BCUT2D eigenvalue weighted by Gasteiger charge is -2.36. The maximum Gasteiger partial charge on any atom is 0.573 e. The maximum atomic E-state index is 14.8. The Bertz CT molecular complexity index is 2210. The lowest BCUT2D eigenvalue weighted by Crippen LogP contribution is -2.57. The van der Waals surface area contributed by atoms with E-state index in [0.717, 1.165) is 36.4 Å². The highest BCUT2D eigenvalue weighted by molar-refractivity contribution is 7.91. The minimum atomic E-state index is -4.91. The second-order valence-electron chi connectivity index (χ2n) is 17.3. The summed E-state index contributed by atoms with van der Waals surface area (Å²) in [5.41, 5.74) is -1.64. The SMILES string of the molecule is Cc1nc2ccc(OC(F)(F)F)cc2c2c1O[C@]1(CC2)C[C@H]2C(=O)N[C@@]3(C(=O)N3S(=O)(=O)C3(C)CC3)[C@@H](C)/C=C\CCCCC[C@H](NC(=O)OC3CCCC3)C(=O)N2C1. The topological polar surface area (TPSA) is 173 Å². The van der Waals surface area contributed by atoms with Crippen molar-refractivity contribution in [2.24, 2.45) is 5.92 Å². The first-order valence-corrected chi connectivity index (χ1v) is 22.0. The Balaban J connectivity index is 1.15. The standard InChI is InChI=1S/C41H50F3N5O9S/c1-24-11-7-5-4-6-8-14-31(46-37(53)56-26-12-9-10-13-26)35(51)48-23-39(22-32(48)34(50)47-40(24)36(52)49(40)59(54,55)38(3)19-20-38)18-17-28-29-21-27(57-41(42,43)44)15-16-30(29)45-25(2)33(28)58-39/h7,11,15-16,21,24,26,31-32H,4-6,8-10,12-14,17-20,22-23H2,1-3H3,(H,46,53)(H,47,50)/b11-7-/t24-,31-,32-,39+,40-,49?/m0/s1. The lowest BCUT2D eigenvalue weighted by molar-refractivity contribution is -0.274. The number of hydrogen-bond acceptors (Lipinski definition) is 10. The summed E-state index contributed by atoms with van der Waals surface area (Å²) in [6.07, 6.45) is 5.05. The monoisotopic (exact) mass is 845 g/mol. The van der Waals surface area contributed by atoms with E-state index < -0.39 is 80.0 Å². The van der Waals surface area contributed by atoms with Gasteiger partial charge in [-0.05, 0) is 103 Å². The van der Waals surface area contributed by atoms with Crippen LogP contribution in [0.15, 0.2) is 30.4 Å². The van der Waals surface area contributed by atoms with E-state index in [2.05, 4.69) is 20.4 Å². The van der Waals surface area contributed by atoms with E-state index in [0.29, 0.717) is 60.0 Å². The molecule has 2 N–H and O–H groups in total. The van der Waals surface area contributed by atoms with E-state index in [-0.39, 0.29) is 38.3 Å². The van der Waals surface area contributed by atoms with Crippen LogP contribution in [0.4, 0.5) is 18.0 Å². The van der Waals surface area contributed by atoms with Crippen LogP contribution in [0.25, 0.3) is 10.9 Å². The first-order valence-electron chi connectivity index (χ1n) is 20.6. The molecule has 2 saturated carbocycles. The van der Waals surface area contributed by atoms with Gasteiger partial charge in [0, 0.05) is 23.3 Å². The first-order chi connectivity index (χ1) is 27.9. The molecule has 59 heavy (non-hydrogen) atoms. The van der Waals surface area contributed by atoms with E-state index in [1.807, 2.05) is 6.08 Å². The summed E-state index contributed by atoms with van der Waals surface area (Å²) in [5.74, 6) is -2.95. The predicted octanol–water partition coefficient (Wildman–Crippen LogP) is 5.84. The third kappa shape index (κ3) is 7.58. The van der Waals surface area contributed by atoms with E-state index in [9.17, 15) is 40.8 Å². The van der Waals surface area contributed by atoms with Gasteiger partial charge < -0.3 is 29.7 Å². The third-order valence-electron chi connectivity index (χ3n) is 13.1. The minimum absolute atomic E-state index is 0.0725. The van der Waals surface area contributed by atoms with Crippen molar-refractivity contribution >= 4 is 44.7 Å². The summed E-state index contributed by atoms with van der Waals surface area (Å²) >= 11 is 0. The molecule has 0 bridgehead atoms. The number of fused-ring (bicyclic) bond motifs is 4. The number of nitrogens with zero attached hydrogens (tertiary/aromatic N) is 3.